The van der Waals surface area contributed by atoms with Crippen LogP contribution in [-0.2, 0) is 18.9 Å². The predicted octanol–water partition coefficient (Wildman–Crippen LogP) is 8.07. The second kappa shape index (κ2) is 24.0. The van der Waals surface area contributed by atoms with Crippen molar-refractivity contribution in [2.24, 2.45) is 10.8 Å². The molecule has 0 N–H and O–H groups in total. The van der Waals surface area contributed by atoms with Crippen molar-refractivity contribution in [3.05, 3.63) is 0 Å². The van der Waals surface area contributed by atoms with Crippen molar-refractivity contribution < 1.29 is 18.9 Å². The van der Waals surface area contributed by atoms with E-state index in [1.807, 2.05) is 0 Å². The maximum atomic E-state index is 5.71. The van der Waals surface area contributed by atoms with Gasteiger partial charge in [-0.05, 0) is 53.4 Å². The van der Waals surface area contributed by atoms with E-state index < -0.39 is 0 Å². The first-order valence-corrected chi connectivity index (χ1v) is 13.8. The lowest BCUT2D eigenvalue weighted by Crippen LogP contribution is -2.33. The van der Waals surface area contributed by atoms with Crippen LogP contribution < -0.4 is 0 Å². The summed E-state index contributed by atoms with van der Waals surface area (Å²) in [5.74, 6) is 0. The molecule has 0 unspecified atom stereocenters. The minimum atomic E-state index is 0.259. The highest BCUT2D eigenvalue weighted by Gasteiger charge is 2.30. The molecular formula is C28H60O4. The van der Waals surface area contributed by atoms with E-state index >= 15 is 0 Å². The van der Waals surface area contributed by atoms with Crippen molar-refractivity contribution >= 4 is 0 Å². The molecule has 0 saturated heterocycles. The van der Waals surface area contributed by atoms with Gasteiger partial charge in [-0.2, -0.15) is 0 Å². The summed E-state index contributed by atoms with van der Waals surface area (Å²) in [6.07, 6.45) is 12.4. The number of hydrogen-bond donors (Lipinski definition) is 0. The molecule has 0 aromatic heterocycles. The van der Waals surface area contributed by atoms with Gasteiger partial charge in [0.05, 0.1) is 26.4 Å². The first kappa shape index (κ1) is 34.0. The van der Waals surface area contributed by atoms with E-state index in [0.717, 1.165) is 52.9 Å². The monoisotopic (exact) mass is 460 g/mol. The highest BCUT2D eigenvalue weighted by Crippen LogP contribution is 2.32. The molecule has 0 aromatic rings. The molecule has 32 heavy (non-hydrogen) atoms. The molecule has 0 aliphatic heterocycles. The first-order valence-electron chi connectivity index (χ1n) is 13.8. The molecule has 0 aliphatic carbocycles. The summed E-state index contributed by atoms with van der Waals surface area (Å²) < 4.78 is 22.7. The fraction of sp³-hybridized carbons (Fsp3) is 1.00. The molecule has 0 aliphatic rings. The van der Waals surface area contributed by atoms with Gasteiger partial charge in [0.1, 0.15) is 0 Å². The zero-order valence-electron chi connectivity index (χ0n) is 23.4. The van der Waals surface area contributed by atoms with Gasteiger partial charge in [-0.25, -0.2) is 0 Å². The van der Waals surface area contributed by atoms with E-state index in [-0.39, 0.29) is 10.8 Å². The van der Waals surface area contributed by atoms with Crippen LogP contribution in [0.25, 0.3) is 0 Å². The van der Waals surface area contributed by atoms with E-state index in [0.29, 0.717) is 0 Å². The Morgan fingerprint density at radius 2 is 0.656 bits per heavy atom. The molecule has 0 saturated carbocycles. The summed E-state index contributed by atoms with van der Waals surface area (Å²) in [5, 5.41) is 0. The molecule has 4 heteroatoms. The van der Waals surface area contributed by atoms with Crippen molar-refractivity contribution in [1.82, 2.24) is 0 Å². The largest absolute Gasteiger partial charge is 0.381 e. The Bertz CT molecular complexity index is 306. The molecular weight excluding hydrogens is 400 g/mol. The van der Waals surface area contributed by atoms with Gasteiger partial charge < -0.3 is 18.9 Å². The Balaban J connectivity index is 0. The third-order valence-electron chi connectivity index (χ3n) is 6.13. The number of unbranched alkanes of at least 4 members (excludes halogenated alkanes) is 2. The van der Waals surface area contributed by atoms with Gasteiger partial charge in [0, 0.05) is 37.3 Å². The third-order valence-corrected chi connectivity index (χ3v) is 6.13. The Hall–Kier alpha value is -0.160. The van der Waals surface area contributed by atoms with Crippen molar-refractivity contribution in [2.45, 2.75) is 120 Å². The smallest absolute Gasteiger partial charge is 0.0544 e. The van der Waals surface area contributed by atoms with E-state index in [2.05, 4.69) is 55.4 Å². The Morgan fingerprint density at radius 3 is 0.875 bits per heavy atom. The van der Waals surface area contributed by atoms with Crippen molar-refractivity contribution in [3.8, 4) is 0 Å². The predicted molar refractivity (Wildman–Crippen MR) is 140 cm³/mol. The second-order valence-electron chi connectivity index (χ2n) is 9.26. The van der Waals surface area contributed by atoms with Gasteiger partial charge in [-0.15, -0.1) is 0 Å². The van der Waals surface area contributed by atoms with Crippen LogP contribution >= 0.6 is 0 Å². The molecule has 0 radical (unpaired) electrons. The van der Waals surface area contributed by atoms with Crippen LogP contribution in [0, 0.1) is 10.8 Å². The van der Waals surface area contributed by atoms with Crippen molar-refractivity contribution in [3.63, 3.8) is 0 Å². The standard InChI is InChI=1S/C15H32O2.C13H28O2/c1-5-9-11-15(12-10-6-2,13-16-7-3)14-17-8-4;1-5-9-13(10-6-2,11-14-7-3)12-15-8-4/h5-14H2,1-4H3;5-12H2,1-4H3. The molecule has 4 nitrogen and oxygen atoms in total. The molecule has 196 valence electrons. The highest BCUT2D eigenvalue weighted by atomic mass is 16.5. The molecule has 0 rings (SSSR count). The lowest BCUT2D eigenvalue weighted by molar-refractivity contribution is -0.0286. The average molecular weight is 461 g/mol. The van der Waals surface area contributed by atoms with Gasteiger partial charge in [-0.1, -0.05) is 66.2 Å². The summed E-state index contributed by atoms with van der Waals surface area (Å²) in [6, 6.07) is 0. The van der Waals surface area contributed by atoms with E-state index in [9.17, 15) is 0 Å². The lowest BCUT2D eigenvalue weighted by Gasteiger charge is -2.33. The summed E-state index contributed by atoms with van der Waals surface area (Å²) in [4.78, 5) is 0. The molecule has 0 spiro atoms. The highest BCUT2D eigenvalue weighted by molar-refractivity contribution is 4.79. The number of rotatable bonds is 22. The topological polar surface area (TPSA) is 36.9 Å². The minimum Gasteiger partial charge on any atom is -0.381 e. The van der Waals surface area contributed by atoms with Gasteiger partial charge in [0.25, 0.3) is 0 Å². The van der Waals surface area contributed by atoms with Crippen LogP contribution in [0.2, 0.25) is 0 Å². The van der Waals surface area contributed by atoms with Crippen molar-refractivity contribution in [2.75, 3.05) is 52.9 Å². The van der Waals surface area contributed by atoms with Crippen LogP contribution in [0.1, 0.15) is 120 Å². The fourth-order valence-electron chi connectivity index (χ4n) is 4.35. The van der Waals surface area contributed by atoms with Crippen LogP contribution in [0.15, 0.2) is 0 Å². The Kier molecular flexibility index (Phi) is 25.5. The zero-order chi connectivity index (χ0) is 24.6. The summed E-state index contributed by atoms with van der Waals surface area (Å²) in [7, 11) is 0. The zero-order valence-corrected chi connectivity index (χ0v) is 23.4. The van der Waals surface area contributed by atoms with Gasteiger partial charge in [0.2, 0.25) is 0 Å². The van der Waals surface area contributed by atoms with Gasteiger partial charge in [-0.3, -0.25) is 0 Å². The average Bonchev–Trinajstić information content (AvgIpc) is 2.81. The molecule has 0 bridgehead atoms. The van der Waals surface area contributed by atoms with E-state index in [1.165, 1.54) is 64.2 Å². The quantitative estimate of drug-likeness (QED) is 0.164. The van der Waals surface area contributed by atoms with Crippen molar-refractivity contribution in [1.29, 1.82) is 0 Å². The molecule has 0 atom stereocenters. The number of ether oxygens (including phenoxy) is 4. The third kappa shape index (κ3) is 17.3. The van der Waals surface area contributed by atoms with E-state index in [1.54, 1.807) is 0 Å². The minimum absolute atomic E-state index is 0.259. The first-order chi connectivity index (χ1) is 15.5. The maximum Gasteiger partial charge on any atom is 0.0544 e. The number of hydrogen-bond acceptors (Lipinski definition) is 4. The van der Waals surface area contributed by atoms with Crippen LogP contribution in [0.5, 0.6) is 0 Å². The lowest BCUT2D eigenvalue weighted by atomic mass is 9.79. The summed E-state index contributed by atoms with van der Waals surface area (Å²) in [5.41, 5.74) is 0.521. The van der Waals surface area contributed by atoms with Crippen LogP contribution in [0.4, 0.5) is 0 Å². The van der Waals surface area contributed by atoms with Gasteiger partial charge >= 0.3 is 0 Å². The molecule has 0 fully saturated rings. The second-order valence-corrected chi connectivity index (χ2v) is 9.26. The SMILES string of the molecule is CCCC(CCC)(COCC)COCC.CCCCC(CCCC)(COCC)COCC. The molecule has 0 amide bonds. The molecule has 0 aromatic carbocycles. The summed E-state index contributed by atoms with van der Waals surface area (Å²) in [6.45, 7) is 23.9. The van der Waals surface area contributed by atoms with Gasteiger partial charge in [0.15, 0.2) is 0 Å². The van der Waals surface area contributed by atoms with Crippen LogP contribution in [-0.4, -0.2) is 52.9 Å². The fourth-order valence-corrected chi connectivity index (χ4v) is 4.35. The van der Waals surface area contributed by atoms with Crippen LogP contribution in [0.3, 0.4) is 0 Å². The Labute approximate surface area is 202 Å². The summed E-state index contributed by atoms with van der Waals surface area (Å²) >= 11 is 0. The Morgan fingerprint density at radius 1 is 0.375 bits per heavy atom. The molecule has 0 heterocycles. The van der Waals surface area contributed by atoms with E-state index in [4.69, 9.17) is 18.9 Å². The maximum absolute atomic E-state index is 5.71. The normalized spacial score (nSPS) is 12.0.